The average molecular weight is 239 g/mol. The maximum absolute atomic E-state index is 11.7. The highest BCUT2D eigenvalue weighted by Gasteiger charge is 2.26. The van der Waals surface area contributed by atoms with Gasteiger partial charge in [-0.1, -0.05) is 5.92 Å². The molecule has 0 aromatic heterocycles. The number of nitrogens with one attached hydrogen (secondary N) is 2. The lowest BCUT2D eigenvalue weighted by molar-refractivity contribution is -0.129. The van der Waals surface area contributed by atoms with Crippen LogP contribution in [0.2, 0.25) is 0 Å². The minimum atomic E-state index is -0.463. The number of alkyl carbamates (subject to hydrolysis) is 1. The Kier molecular flexibility index (Phi) is 5.30. The van der Waals surface area contributed by atoms with E-state index in [1.54, 1.807) is 4.90 Å². The van der Waals surface area contributed by atoms with E-state index in [1.165, 1.54) is 7.11 Å². The maximum atomic E-state index is 11.7. The summed E-state index contributed by atoms with van der Waals surface area (Å²) < 4.78 is 4.50. The van der Waals surface area contributed by atoms with E-state index in [2.05, 4.69) is 21.3 Å². The highest BCUT2D eigenvalue weighted by atomic mass is 16.5. The standard InChI is InChI=1S/C11H17N3O3/c1-3-5-12-7-10(15)14-6-4-9(8-14)13-11(16)17-2/h1,9,12H,4-8H2,2H3,(H,13,16). The summed E-state index contributed by atoms with van der Waals surface area (Å²) in [7, 11) is 1.32. The molecule has 0 saturated carbocycles. The Morgan fingerprint density at radius 3 is 3.00 bits per heavy atom. The van der Waals surface area contributed by atoms with Crippen LogP contribution in [0.15, 0.2) is 0 Å². The van der Waals surface area contributed by atoms with Crippen molar-refractivity contribution in [2.45, 2.75) is 12.5 Å². The number of ether oxygens (including phenoxy) is 1. The van der Waals surface area contributed by atoms with Crippen LogP contribution in [0.1, 0.15) is 6.42 Å². The number of nitrogens with zero attached hydrogens (tertiary/aromatic N) is 1. The molecule has 0 bridgehead atoms. The summed E-state index contributed by atoms with van der Waals surface area (Å²) in [5.74, 6) is 2.40. The molecule has 1 rings (SSSR count). The molecule has 1 fully saturated rings. The van der Waals surface area contributed by atoms with Crippen LogP contribution in [0.5, 0.6) is 0 Å². The van der Waals surface area contributed by atoms with Crippen molar-refractivity contribution in [1.29, 1.82) is 0 Å². The second-order valence-electron chi connectivity index (χ2n) is 3.77. The SMILES string of the molecule is C#CCNCC(=O)N1CCC(NC(=O)OC)C1. The lowest BCUT2D eigenvalue weighted by Crippen LogP contribution is -2.41. The van der Waals surface area contributed by atoms with Crippen molar-refractivity contribution in [3.63, 3.8) is 0 Å². The molecule has 2 amide bonds. The fraction of sp³-hybridized carbons (Fsp3) is 0.636. The van der Waals surface area contributed by atoms with Crippen LogP contribution in [0, 0.1) is 12.3 Å². The predicted octanol–water partition coefficient (Wildman–Crippen LogP) is -0.834. The van der Waals surface area contributed by atoms with E-state index >= 15 is 0 Å². The summed E-state index contributed by atoms with van der Waals surface area (Å²) in [6.07, 6.45) is 5.34. The van der Waals surface area contributed by atoms with Crippen LogP contribution >= 0.6 is 0 Å². The Morgan fingerprint density at radius 2 is 2.35 bits per heavy atom. The van der Waals surface area contributed by atoms with Crippen LogP contribution in [-0.4, -0.2) is 56.2 Å². The number of hydrogen-bond donors (Lipinski definition) is 2. The van der Waals surface area contributed by atoms with Crippen molar-refractivity contribution >= 4 is 12.0 Å². The van der Waals surface area contributed by atoms with Gasteiger partial charge in [-0.15, -0.1) is 6.42 Å². The summed E-state index contributed by atoms with van der Waals surface area (Å²) in [5, 5.41) is 5.51. The van der Waals surface area contributed by atoms with Crippen molar-refractivity contribution in [3.8, 4) is 12.3 Å². The quantitative estimate of drug-likeness (QED) is 0.496. The molecular formula is C11H17N3O3. The molecule has 2 N–H and O–H groups in total. The molecule has 0 radical (unpaired) electrons. The van der Waals surface area contributed by atoms with E-state index in [4.69, 9.17) is 6.42 Å². The smallest absolute Gasteiger partial charge is 0.407 e. The number of carbonyl (C=O) groups excluding carboxylic acids is 2. The van der Waals surface area contributed by atoms with Gasteiger partial charge in [0.1, 0.15) is 0 Å². The molecule has 6 nitrogen and oxygen atoms in total. The van der Waals surface area contributed by atoms with Crippen molar-refractivity contribution in [2.75, 3.05) is 33.3 Å². The molecule has 1 heterocycles. The summed E-state index contributed by atoms with van der Waals surface area (Å²) in [6.45, 7) is 1.77. The number of amides is 2. The van der Waals surface area contributed by atoms with E-state index in [0.717, 1.165) is 6.42 Å². The van der Waals surface area contributed by atoms with Gasteiger partial charge in [-0.3, -0.25) is 10.1 Å². The molecule has 1 aliphatic rings. The first-order valence-electron chi connectivity index (χ1n) is 5.43. The molecule has 0 aromatic carbocycles. The van der Waals surface area contributed by atoms with Crippen LogP contribution in [0.25, 0.3) is 0 Å². The van der Waals surface area contributed by atoms with Crippen LogP contribution < -0.4 is 10.6 Å². The number of carbonyl (C=O) groups is 2. The molecule has 6 heteroatoms. The van der Waals surface area contributed by atoms with Crippen LogP contribution in [-0.2, 0) is 9.53 Å². The Hall–Kier alpha value is -1.74. The van der Waals surface area contributed by atoms with E-state index in [0.29, 0.717) is 19.6 Å². The highest BCUT2D eigenvalue weighted by molar-refractivity contribution is 5.78. The Bertz CT molecular complexity index is 324. The Balaban J connectivity index is 2.27. The minimum Gasteiger partial charge on any atom is -0.453 e. The summed E-state index contributed by atoms with van der Waals surface area (Å²) in [6, 6.07) is -0.0287. The molecule has 17 heavy (non-hydrogen) atoms. The third-order valence-electron chi connectivity index (χ3n) is 2.55. The first-order valence-corrected chi connectivity index (χ1v) is 5.43. The lowest BCUT2D eigenvalue weighted by Gasteiger charge is -2.16. The van der Waals surface area contributed by atoms with Crippen molar-refractivity contribution < 1.29 is 14.3 Å². The number of hydrogen-bond acceptors (Lipinski definition) is 4. The number of likely N-dealkylation sites (tertiary alicyclic amines) is 1. The summed E-state index contributed by atoms with van der Waals surface area (Å²) in [5.41, 5.74) is 0. The largest absolute Gasteiger partial charge is 0.453 e. The van der Waals surface area contributed by atoms with Gasteiger partial charge in [0.25, 0.3) is 0 Å². The molecule has 0 spiro atoms. The fourth-order valence-electron chi connectivity index (χ4n) is 1.68. The molecule has 0 aliphatic carbocycles. The molecule has 1 unspecified atom stereocenters. The number of rotatable bonds is 4. The third-order valence-corrected chi connectivity index (χ3v) is 2.55. The molecule has 1 saturated heterocycles. The molecule has 1 aliphatic heterocycles. The molecule has 94 valence electrons. The predicted molar refractivity (Wildman–Crippen MR) is 62.2 cm³/mol. The number of terminal acetylenes is 1. The first kappa shape index (κ1) is 13.3. The summed E-state index contributed by atoms with van der Waals surface area (Å²) in [4.78, 5) is 24.4. The van der Waals surface area contributed by atoms with Crippen LogP contribution in [0.3, 0.4) is 0 Å². The van der Waals surface area contributed by atoms with Gasteiger partial charge in [0.15, 0.2) is 0 Å². The van der Waals surface area contributed by atoms with Gasteiger partial charge in [0.05, 0.1) is 26.2 Å². The molecule has 1 atom stereocenters. The van der Waals surface area contributed by atoms with E-state index in [-0.39, 0.29) is 18.5 Å². The monoisotopic (exact) mass is 239 g/mol. The van der Waals surface area contributed by atoms with Gasteiger partial charge in [-0.25, -0.2) is 4.79 Å². The zero-order valence-electron chi connectivity index (χ0n) is 9.86. The van der Waals surface area contributed by atoms with Gasteiger partial charge in [0.2, 0.25) is 5.91 Å². The maximum Gasteiger partial charge on any atom is 0.407 e. The zero-order valence-corrected chi connectivity index (χ0v) is 9.86. The van der Waals surface area contributed by atoms with Gasteiger partial charge in [-0.05, 0) is 6.42 Å². The van der Waals surface area contributed by atoms with Gasteiger partial charge < -0.3 is 15.0 Å². The van der Waals surface area contributed by atoms with Crippen LogP contribution in [0.4, 0.5) is 4.79 Å². The normalized spacial score (nSPS) is 18.6. The van der Waals surface area contributed by atoms with E-state index < -0.39 is 6.09 Å². The fourth-order valence-corrected chi connectivity index (χ4v) is 1.68. The second-order valence-corrected chi connectivity index (χ2v) is 3.77. The average Bonchev–Trinajstić information content (AvgIpc) is 2.77. The molecular weight excluding hydrogens is 222 g/mol. The third kappa shape index (κ3) is 4.33. The number of methoxy groups -OCH3 is 1. The van der Waals surface area contributed by atoms with Gasteiger partial charge in [-0.2, -0.15) is 0 Å². The summed E-state index contributed by atoms with van der Waals surface area (Å²) >= 11 is 0. The van der Waals surface area contributed by atoms with Crippen molar-refractivity contribution in [1.82, 2.24) is 15.5 Å². The highest BCUT2D eigenvalue weighted by Crippen LogP contribution is 2.09. The Morgan fingerprint density at radius 1 is 1.59 bits per heavy atom. The minimum absolute atomic E-state index is 0.00517. The zero-order chi connectivity index (χ0) is 12.7. The van der Waals surface area contributed by atoms with E-state index in [9.17, 15) is 9.59 Å². The second kappa shape index (κ2) is 6.76. The van der Waals surface area contributed by atoms with Gasteiger partial charge >= 0.3 is 6.09 Å². The first-order chi connectivity index (χ1) is 8.17. The van der Waals surface area contributed by atoms with Crippen molar-refractivity contribution in [3.05, 3.63) is 0 Å². The topological polar surface area (TPSA) is 70.7 Å². The molecule has 0 aromatic rings. The lowest BCUT2D eigenvalue weighted by atomic mass is 10.3. The van der Waals surface area contributed by atoms with Crippen molar-refractivity contribution in [2.24, 2.45) is 0 Å². The van der Waals surface area contributed by atoms with E-state index in [1.807, 2.05) is 0 Å². The Labute approximate surface area is 101 Å². The van der Waals surface area contributed by atoms with Gasteiger partial charge in [0, 0.05) is 13.1 Å².